The van der Waals surface area contributed by atoms with E-state index < -0.39 is 0 Å². The van der Waals surface area contributed by atoms with E-state index in [9.17, 15) is 4.39 Å². The summed E-state index contributed by atoms with van der Waals surface area (Å²) in [5.41, 5.74) is 1.05. The second kappa shape index (κ2) is 6.00. The van der Waals surface area contributed by atoms with Crippen molar-refractivity contribution in [3.05, 3.63) is 35.6 Å². The second-order valence-corrected chi connectivity index (χ2v) is 4.70. The van der Waals surface area contributed by atoms with Gasteiger partial charge in [-0.15, -0.1) is 0 Å². The fraction of sp³-hybridized carbons (Fsp3) is 0.571. The third-order valence-corrected chi connectivity index (χ3v) is 3.34. The molecule has 1 aromatic carbocycles. The molecule has 0 amide bonds. The number of benzene rings is 1. The van der Waals surface area contributed by atoms with Crippen LogP contribution in [0.1, 0.15) is 44.1 Å². The molecule has 1 fully saturated rings. The lowest BCUT2D eigenvalue weighted by Gasteiger charge is -2.16. The van der Waals surface area contributed by atoms with Crippen LogP contribution < -0.4 is 5.32 Å². The molecule has 0 aromatic heterocycles. The van der Waals surface area contributed by atoms with Crippen LogP contribution in [0.15, 0.2) is 24.3 Å². The van der Waals surface area contributed by atoms with Crippen LogP contribution in [0, 0.1) is 5.82 Å². The van der Waals surface area contributed by atoms with Gasteiger partial charge in [0.15, 0.2) is 0 Å². The molecular formula is C14H20FN. The van der Waals surface area contributed by atoms with Gasteiger partial charge < -0.3 is 5.32 Å². The maximum atomic E-state index is 13.0. The number of nitrogens with one attached hydrogen (secondary N) is 1. The summed E-state index contributed by atoms with van der Waals surface area (Å²) in [6.45, 7) is 0.794. The molecule has 1 N–H and O–H groups in total. The first-order valence-corrected chi connectivity index (χ1v) is 6.32. The minimum Gasteiger partial charge on any atom is -0.310 e. The Hall–Kier alpha value is -0.890. The summed E-state index contributed by atoms with van der Waals surface area (Å²) in [6, 6.07) is 7.50. The van der Waals surface area contributed by atoms with Gasteiger partial charge in [-0.2, -0.15) is 0 Å². The zero-order valence-corrected chi connectivity index (χ0v) is 9.71. The smallest absolute Gasteiger partial charge is 0.123 e. The fourth-order valence-corrected chi connectivity index (χ4v) is 2.39. The highest BCUT2D eigenvalue weighted by Crippen LogP contribution is 2.17. The average molecular weight is 221 g/mol. The Morgan fingerprint density at radius 2 is 1.88 bits per heavy atom. The normalized spacial score (nSPS) is 18.3. The van der Waals surface area contributed by atoms with Crippen LogP contribution in [0.25, 0.3) is 0 Å². The van der Waals surface area contributed by atoms with Crippen molar-refractivity contribution in [2.45, 2.75) is 51.1 Å². The van der Waals surface area contributed by atoms with Crippen molar-refractivity contribution in [1.29, 1.82) is 0 Å². The molecule has 1 nitrogen and oxygen atoms in total. The van der Waals surface area contributed by atoms with Gasteiger partial charge in [0.2, 0.25) is 0 Å². The van der Waals surface area contributed by atoms with Crippen molar-refractivity contribution in [3.63, 3.8) is 0 Å². The quantitative estimate of drug-likeness (QED) is 0.768. The summed E-state index contributed by atoms with van der Waals surface area (Å²) in [5.74, 6) is -0.139. The van der Waals surface area contributed by atoms with E-state index in [0.717, 1.165) is 12.1 Å². The Morgan fingerprint density at radius 3 is 2.56 bits per heavy atom. The van der Waals surface area contributed by atoms with Crippen LogP contribution >= 0.6 is 0 Å². The molecule has 2 heteroatoms. The van der Waals surface area contributed by atoms with Crippen molar-refractivity contribution in [2.24, 2.45) is 0 Å². The summed E-state index contributed by atoms with van der Waals surface area (Å²) in [6.07, 6.45) is 7.96. The predicted octanol–water partition coefficient (Wildman–Crippen LogP) is 3.64. The molecule has 0 heterocycles. The lowest BCUT2D eigenvalue weighted by Crippen LogP contribution is -2.27. The van der Waals surface area contributed by atoms with Gasteiger partial charge in [-0.1, -0.05) is 37.8 Å². The minimum atomic E-state index is -0.139. The maximum Gasteiger partial charge on any atom is 0.123 e. The molecule has 0 bridgehead atoms. The first-order valence-electron chi connectivity index (χ1n) is 6.32. The molecule has 0 radical (unpaired) electrons. The van der Waals surface area contributed by atoms with Gasteiger partial charge in [0.25, 0.3) is 0 Å². The molecule has 1 aromatic rings. The Bertz CT molecular complexity index is 316. The first kappa shape index (κ1) is 11.6. The molecule has 2 rings (SSSR count). The zero-order valence-electron chi connectivity index (χ0n) is 9.71. The van der Waals surface area contributed by atoms with Gasteiger partial charge in [0.05, 0.1) is 0 Å². The monoisotopic (exact) mass is 221 g/mol. The van der Waals surface area contributed by atoms with Crippen molar-refractivity contribution < 1.29 is 4.39 Å². The van der Waals surface area contributed by atoms with Crippen molar-refractivity contribution in [2.75, 3.05) is 0 Å². The second-order valence-electron chi connectivity index (χ2n) is 4.70. The summed E-state index contributed by atoms with van der Waals surface area (Å²) in [4.78, 5) is 0. The Balaban J connectivity index is 1.81. The van der Waals surface area contributed by atoms with E-state index in [1.807, 2.05) is 6.07 Å². The highest BCUT2D eigenvalue weighted by Gasteiger charge is 2.11. The fourth-order valence-electron chi connectivity index (χ4n) is 2.39. The van der Waals surface area contributed by atoms with Crippen LogP contribution in [-0.4, -0.2) is 6.04 Å². The topological polar surface area (TPSA) is 12.0 Å². The molecule has 0 aliphatic heterocycles. The molecule has 1 aliphatic carbocycles. The van der Waals surface area contributed by atoms with Crippen molar-refractivity contribution in [1.82, 2.24) is 5.32 Å². The molecular weight excluding hydrogens is 201 g/mol. The van der Waals surface area contributed by atoms with E-state index >= 15 is 0 Å². The van der Waals surface area contributed by atoms with E-state index in [1.165, 1.54) is 44.6 Å². The molecule has 1 saturated carbocycles. The van der Waals surface area contributed by atoms with Crippen molar-refractivity contribution >= 4 is 0 Å². The molecule has 88 valence electrons. The van der Waals surface area contributed by atoms with E-state index in [2.05, 4.69) is 5.32 Å². The van der Waals surface area contributed by atoms with Crippen LogP contribution in [0.3, 0.4) is 0 Å². The average Bonchev–Trinajstić information content (AvgIpc) is 2.55. The van der Waals surface area contributed by atoms with E-state index in [4.69, 9.17) is 0 Å². The van der Waals surface area contributed by atoms with Crippen LogP contribution in [0.5, 0.6) is 0 Å². The Kier molecular flexibility index (Phi) is 4.34. The van der Waals surface area contributed by atoms with Crippen LogP contribution in [-0.2, 0) is 6.54 Å². The zero-order chi connectivity index (χ0) is 11.2. The molecule has 0 saturated heterocycles. The summed E-state index contributed by atoms with van der Waals surface area (Å²) in [7, 11) is 0. The Labute approximate surface area is 97.1 Å². The maximum absolute atomic E-state index is 13.0. The first-order chi connectivity index (χ1) is 7.84. The summed E-state index contributed by atoms with van der Waals surface area (Å²) < 4.78 is 13.0. The lowest BCUT2D eigenvalue weighted by molar-refractivity contribution is 0.458. The highest BCUT2D eigenvalue weighted by molar-refractivity contribution is 5.16. The van der Waals surface area contributed by atoms with E-state index in [1.54, 1.807) is 12.1 Å². The van der Waals surface area contributed by atoms with Gasteiger partial charge in [-0.3, -0.25) is 0 Å². The molecule has 0 spiro atoms. The molecule has 0 unspecified atom stereocenters. The third kappa shape index (κ3) is 3.60. The third-order valence-electron chi connectivity index (χ3n) is 3.34. The largest absolute Gasteiger partial charge is 0.310 e. The molecule has 1 aliphatic rings. The van der Waals surface area contributed by atoms with Gasteiger partial charge in [0, 0.05) is 12.6 Å². The van der Waals surface area contributed by atoms with Gasteiger partial charge in [-0.05, 0) is 30.5 Å². The van der Waals surface area contributed by atoms with E-state index in [-0.39, 0.29) is 5.82 Å². The summed E-state index contributed by atoms with van der Waals surface area (Å²) >= 11 is 0. The molecule has 16 heavy (non-hydrogen) atoms. The van der Waals surface area contributed by atoms with Gasteiger partial charge in [-0.25, -0.2) is 4.39 Å². The SMILES string of the molecule is Fc1cccc(CNC2CCCCCC2)c1. The number of halogens is 1. The minimum absolute atomic E-state index is 0.139. The predicted molar refractivity (Wildman–Crippen MR) is 64.7 cm³/mol. The van der Waals surface area contributed by atoms with Crippen LogP contribution in [0.2, 0.25) is 0 Å². The van der Waals surface area contributed by atoms with Crippen LogP contribution in [0.4, 0.5) is 4.39 Å². The van der Waals surface area contributed by atoms with Gasteiger partial charge in [0.1, 0.15) is 5.82 Å². The number of hydrogen-bond donors (Lipinski definition) is 1. The van der Waals surface area contributed by atoms with Crippen molar-refractivity contribution in [3.8, 4) is 0 Å². The lowest BCUT2D eigenvalue weighted by atomic mass is 10.1. The standard InChI is InChI=1S/C14H20FN/c15-13-7-5-6-12(10-13)11-16-14-8-3-1-2-4-9-14/h5-7,10,14,16H,1-4,8-9,11H2. The summed E-state index contributed by atoms with van der Waals surface area (Å²) in [5, 5.41) is 3.54. The number of rotatable bonds is 3. The van der Waals surface area contributed by atoms with E-state index in [0.29, 0.717) is 6.04 Å². The van der Waals surface area contributed by atoms with Gasteiger partial charge >= 0.3 is 0 Å². The Morgan fingerprint density at radius 1 is 1.12 bits per heavy atom. The highest BCUT2D eigenvalue weighted by atomic mass is 19.1. The molecule has 0 atom stereocenters. The number of hydrogen-bond acceptors (Lipinski definition) is 1.